The van der Waals surface area contributed by atoms with Gasteiger partial charge in [-0.1, -0.05) is 60.7 Å². The number of nitrogens with zero attached hydrogens (tertiary/aromatic N) is 3. The minimum Gasteiger partial charge on any atom is -0.343 e. The number of aryl methyl sites for hydroxylation is 2. The van der Waals surface area contributed by atoms with Crippen LogP contribution in [0, 0.1) is 6.92 Å². The van der Waals surface area contributed by atoms with Gasteiger partial charge in [0, 0.05) is 35.3 Å². The van der Waals surface area contributed by atoms with Crippen LogP contribution >= 0.6 is 0 Å². The molecular formula is C23H23N3O. The third-order valence-electron chi connectivity index (χ3n) is 5.17. The first-order valence-corrected chi connectivity index (χ1v) is 9.41. The highest BCUT2D eigenvalue weighted by Gasteiger charge is 2.23. The Morgan fingerprint density at radius 1 is 0.815 bits per heavy atom. The quantitative estimate of drug-likeness (QED) is 0.522. The van der Waals surface area contributed by atoms with Crippen molar-refractivity contribution < 1.29 is 0 Å². The smallest absolute Gasteiger partial charge is 0.343 e. The molecule has 0 radical (unpaired) electrons. The number of fused-ring (bicyclic) bond motifs is 1. The second kappa shape index (κ2) is 6.88. The average Bonchev–Trinajstić information content (AvgIpc) is 3.01. The van der Waals surface area contributed by atoms with Gasteiger partial charge < -0.3 is 4.57 Å². The van der Waals surface area contributed by atoms with Crippen molar-refractivity contribution in [3.05, 3.63) is 76.8 Å². The van der Waals surface area contributed by atoms with E-state index in [1.54, 1.807) is 4.57 Å². The van der Waals surface area contributed by atoms with E-state index < -0.39 is 0 Å². The molecule has 2 aromatic heterocycles. The molecule has 0 bridgehead atoms. The van der Waals surface area contributed by atoms with Gasteiger partial charge in [0.05, 0.1) is 16.9 Å². The summed E-state index contributed by atoms with van der Waals surface area (Å²) in [6, 6.07) is 20.3. The van der Waals surface area contributed by atoms with Crippen molar-refractivity contribution in [2.45, 2.75) is 33.9 Å². The summed E-state index contributed by atoms with van der Waals surface area (Å²) in [5, 5.41) is 1.06. The predicted molar refractivity (Wildman–Crippen MR) is 111 cm³/mol. The first kappa shape index (κ1) is 17.3. The zero-order valence-electron chi connectivity index (χ0n) is 15.9. The van der Waals surface area contributed by atoms with E-state index in [1.165, 1.54) is 0 Å². The molecule has 0 amide bonds. The van der Waals surface area contributed by atoms with Crippen molar-refractivity contribution in [1.82, 2.24) is 14.1 Å². The first-order chi connectivity index (χ1) is 13.2. The molecule has 0 spiro atoms. The predicted octanol–water partition coefficient (Wildman–Crippen LogP) is 4.88. The van der Waals surface area contributed by atoms with Crippen LogP contribution in [0.25, 0.3) is 33.4 Å². The van der Waals surface area contributed by atoms with Crippen LogP contribution in [0.1, 0.15) is 19.5 Å². The summed E-state index contributed by atoms with van der Waals surface area (Å²) in [6.45, 7) is 7.68. The van der Waals surface area contributed by atoms with Gasteiger partial charge in [0.15, 0.2) is 0 Å². The molecule has 4 aromatic rings. The highest BCUT2D eigenvalue weighted by Crippen LogP contribution is 2.37. The minimum absolute atomic E-state index is 0.200. The van der Waals surface area contributed by atoms with Gasteiger partial charge >= 0.3 is 5.69 Å². The Labute approximate surface area is 158 Å². The monoisotopic (exact) mass is 357 g/mol. The van der Waals surface area contributed by atoms with Crippen molar-refractivity contribution in [1.29, 1.82) is 0 Å². The molecule has 0 saturated carbocycles. The summed E-state index contributed by atoms with van der Waals surface area (Å²) < 4.78 is 4.09. The summed E-state index contributed by atoms with van der Waals surface area (Å²) in [5.74, 6) is 0. The summed E-state index contributed by atoms with van der Waals surface area (Å²) in [4.78, 5) is 17.4. The van der Waals surface area contributed by atoms with Crippen LogP contribution in [-0.4, -0.2) is 14.1 Å². The molecule has 4 nitrogen and oxygen atoms in total. The van der Waals surface area contributed by atoms with E-state index in [4.69, 9.17) is 0 Å². The van der Waals surface area contributed by atoms with Crippen molar-refractivity contribution in [3.8, 4) is 22.5 Å². The molecule has 2 aromatic carbocycles. The van der Waals surface area contributed by atoms with E-state index in [0.29, 0.717) is 6.54 Å². The maximum atomic E-state index is 12.9. The van der Waals surface area contributed by atoms with Gasteiger partial charge in [-0.05, 0) is 20.8 Å². The maximum absolute atomic E-state index is 12.9. The summed E-state index contributed by atoms with van der Waals surface area (Å²) in [7, 11) is 0. The van der Waals surface area contributed by atoms with E-state index in [9.17, 15) is 4.79 Å². The fourth-order valence-electron chi connectivity index (χ4n) is 3.96. The number of benzene rings is 2. The third kappa shape index (κ3) is 2.69. The van der Waals surface area contributed by atoms with Crippen molar-refractivity contribution >= 4 is 10.9 Å². The second-order valence-electron chi connectivity index (χ2n) is 6.62. The van der Waals surface area contributed by atoms with E-state index in [0.717, 1.165) is 45.7 Å². The Morgan fingerprint density at radius 3 is 1.93 bits per heavy atom. The van der Waals surface area contributed by atoms with Crippen LogP contribution in [0.5, 0.6) is 0 Å². The summed E-state index contributed by atoms with van der Waals surface area (Å²) >= 11 is 0. The SMILES string of the molecule is CCn1c(C)c2c(-c3ccccc3)nc(=O)n(CC)c2c1-c1ccccc1. The maximum Gasteiger partial charge on any atom is 0.348 e. The molecule has 0 unspecified atom stereocenters. The molecule has 0 N–H and O–H groups in total. The van der Waals surface area contributed by atoms with Crippen molar-refractivity contribution in [2.75, 3.05) is 0 Å². The fourth-order valence-corrected chi connectivity index (χ4v) is 3.96. The van der Waals surface area contributed by atoms with Gasteiger partial charge in [-0.25, -0.2) is 4.79 Å². The number of aromatic nitrogens is 3. The third-order valence-corrected chi connectivity index (χ3v) is 5.17. The largest absolute Gasteiger partial charge is 0.348 e. The molecule has 27 heavy (non-hydrogen) atoms. The minimum atomic E-state index is -0.200. The molecule has 4 rings (SSSR count). The molecule has 0 fully saturated rings. The van der Waals surface area contributed by atoms with Gasteiger partial charge in [-0.2, -0.15) is 4.98 Å². The Bertz CT molecular complexity index is 1160. The van der Waals surface area contributed by atoms with E-state index >= 15 is 0 Å². The molecule has 0 saturated heterocycles. The Kier molecular flexibility index (Phi) is 4.40. The molecule has 0 aliphatic rings. The fraction of sp³-hybridized carbons (Fsp3) is 0.217. The van der Waals surface area contributed by atoms with Gasteiger partial charge in [-0.15, -0.1) is 0 Å². The lowest BCUT2D eigenvalue weighted by Gasteiger charge is -2.11. The standard InChI is InChI=1S/C23H23N3O/c1-4-25-16(3)19-20(17-12-8-6-9-13-17)24-23(27)26(5-2)22(19)21(25)18-14-10-7-11-15-18/h6-15H,4-5H2,1-3H3. The number of rotatable bonds is 4. The average molecular weight is 357 g/mol. The second-order valence-corrected chi connectivity index (χ2v) is 6.62. The molecule has 4 heteroatoms. The van der Waals surface area contributed by atoms with Crippen LogP contribution in [0.2, 0.25) is 0 Å². The molecule has 136 valence electrons. The van der Waals surface area contributed by atoms with Crippen LogP contribution in [-0.2, 0) is 13.1 Å². The normalized spacial score (nSPS) is 11.2. The number of hydrogen-bond donors (Lipinski definition) is 0. The molecule has 0 aliphatic heterocycles. The Hall–Kier alpha value is -3.14. The summed E-state index contributed by atoms with van der Waals surface area (Å²) in [5.41, 5.74) is 5.85. The Balaban J connectivity index is 2.23. The molecular weight excluding hydrogens is 334 g/mol. The highest BCUT2D eigenvalue weighted by atomic mass is 16.1. The van der Waals surface area contributed by atoms with E-state index in [1.807, 2.05) is 55.5 Å². The molecule has 0 aliphatic carbocycles. The first-order valence-electron chi connectivity index (χ1n) is 9.41. The zero-order valence-corrected chi connectivity index (χ0v) is 15.9. The van der Waals surface area contributed by atoms with E-state index in [2.05, 4.69) is 35.5 Å². The van der Waals surface area contributed by atoms with Gasteiger partial charge in [0.2, 0.25) is 0 Å². The number of hydrogen-bond acceptors (Lipinski definition) is 2. The van der Waals surface area contributed by atoms with Crippen molar-refractivity contribution in [3.63, 3.8) is 0 Å². The van der Waals surface area contributed by atoms with E-state index in [-0.39, 0.29) is 5.69 Å². The van der Waals surface area contributed by atoms with Crippen LogP contribution < -0.4 is 5.69 Å². The van der Waals surface area contributed by atoms with Crippen LogP contribution in [0.3, 0.4) is 0 Å². The van der Waals surface area contributed by atoms with Gasteiger partial charge in [-0.3, -0.25) is 4.57 Å². The Morgan fingerprint density at radius 2 is 1.37 bits per heavy atom. The lowest BCUT2D eigenvalue weighted by Crippen LogP contribution is -2.23. The van der Waals surface area contributed by atoms with Crippen LogP contribution in [0.4, 0.5) is 0 Å². The molecule has 0 atom stereocenters. The topological polar surface area (TPSA) is 39.8 Å². The summed E-state index contributed by atoms with van der Waals surface area (Å²) in [6.07, 6.45) is 0. The van der Waals surface area contributed by atoms with Crippen molar-refractivity contribution in [2.24, 2.45) is 0 Å². The lowest BCUT2D eigenvalue weighted by atomic mass is 10.1. The zero-order chi connectivity index (χ0) is 19.0. The van der Waals surface area contributed by atoms with Gasteiger partial charge in [0.1, 0.15) is 0 Å². The van der Waals surface area contributed by atoms with Gasteiger partial charge in [0.25, 0.3) is 0 Å². The molecule has 2 heterocycles. The van der Waals surface area contributed by atoms with Crippen LogP contribution in [0.15, 0.2) is 65.5 Å². The lowest BCUT2D eigenvalue weighted by molar-refractivity contribution is 0.727. The highest BCUT2D eigenvalue weighted by molar-refractivity contribution is 6.03.